The summed E-state index contributed by atoms with van der Waals surface area (Å²) in [6.45, 7) is 9.53. The van der Waals surface area contributed by atoms with Crippen molar-refractivity contribution >= 4 is 29.5 Å². The third kappa shape index (κ3) is 8.38. The second-order valence-corrected chi connectivity index (χ2v) is 10.9. The predicted molar refractivity (Wildman–Crippen MR) is 155 cm³/mol. The van der Waals surface area contributed by atoms with Crippen molar-refractivity contribution in [3.63, 3.8) is 0 Å². The van der Waals surface area contributed by atoms with Gasteiger partial charge in [0.05, 0.1) is 0 Å². The first kappa shape index (κ1) is 29.3. The van der Waals surface area contributed by atoms with Crippen LogP contribution in [0.5, 0.6) is 0 Å². The lowest BCUT2D eigenvalue weighted by Crippen LogP contribution is -2.56. The molecule has 216 valence electrons. The minimum absolute atomic E-state index is 0.190. The number of amides is 3. The average Bonchev–Trinajstić information content (AvgIpc) is 3.44. The minimum Gasteiger partial charge on any atom is -0.358 e. The zero-order chi connectivity index (χ0) is 28.5. The third-order valence-corrected chi connectivity index (χ3v) is 7.29. The van der Waals surface area contributed by atoms with Crippen molar-refractivity contribution in [2.24, 2.45) is 5.92 Å². The molecule has 0 unspecified atom stereocenters. The Labute approximate surface area is 236 Å². The molecule has 1 aromatic heterocycles. The summed E-state index contributed by atoms with van der Waals surface area (Å²) < 4.78 is 0. The lowest BCUT2D eigenvalue weighted by molar-refractivity contribution is -0.132. The molecule has 3 heterocycles. The number of aromatic nitrogens is 2. The maximum atomic E-state index is 13.7. The molecule has 40 heavy (non-hydrogen) atoms. The quantitative estimate of drug-likeness (QED) is 0.348. The van der Waals surface area contributed by atoms with Crippen molar-refractivity contribution in [3.8, 4) is 0 Å². The van der Waals surface area contributed by atoms with Gasteiger partial charge in [0, 0.05) is 44.2 Å². The monoisotopic (exact) mass is 550 g/mol. The van der Waals surface area contributed by atoms with E-state index in [4.69, 9.17) is 0 Å². The number of fused-ring (bicyclic) bond motifs is 2. The summed E-state index contributed by atoms with van der Waals surface area (Å²) in [5.74, 6) is -0.235. The van der Waals surface area contributed by atoms with Crippen LogP contribution in [-0.2, 0) is 27.2 Å². The summed E-state index contributed by atoms with van der Waals surface area (Å²) in [7, 11) is 0. The van der Waals surface area contributed by atoms with Crippen LogP contribution in [0.2, 0.25) is 0 Å². The van der Waals surface area contributed by atoms with E-state index in [1.165, 1.54) is 12.8 Å². The Hall–Kier alpha value is -3.73. The number of hydrogen-bond donors (Lipinski definition) is 5. The van der Waals surface area contributed by atoms with E-state index in [1.54, 1.807) is 6.92 Å². The second-order valence-electron chi connectivity index (χ2n) is 10.9. The Balaban J connectivity index is 1.62. The molecule has 4 rings (SSSR count). The van der Waals surface area contributed by atoms with E-state index < -0.39 is 24.0 Å². The largest absolute Gasteiger partial charge is 0.358 e. The number of rotatable bonds is 7. The fourth-order valence-electron chi connectivity index (χ4n) is 4.97. The highest BCUT2D eigenvalue weighted by Crippen LogP contribution is 2.16. The van der Waals surface area contributed by atoms with Crippen molar-refractivity contribution in [3.05, 3.63) is 47.7 Å². The predicted octanol–water partition coefficient (Wildman–Crippen LogP) is 1.33. The molecule has 11 nitrogen and oxygen atoms in total. The van der Waals surface area contributed by atoms with E-state index in [0.29, 0.717) is 37.7 Å². The topological polar surface area (TPSA) is 140 Å². The van der Waals surface area contributed by atoms with Crippen LogP contribution >= 0.6 is 0 Å². The molecule has 2 aliphatic rings. The Kier molecular flexibility index (Phi) is 10.3. The lowest BCUT2D eigenvalue weighted by Gasteiger charge is -2.26. The van der Waals surface area contributed by atoms with Crippen molar-refractivity contribution in [2.75, 3.05) is 43.4 Å². The second kappa shape index (κ2) is 14.1. The average molecular weight is 551 g/mol. The molecule has 0 radical (unpaired) electrons. The SMILES string of the molecule is CC(C)[C@H]1NC(=O)[C@H](Cc2ccccc2)Nc2cc(nc(NCCN3CCCC3)n2)CCNC(=O)[C@H](C)NC1=O. The van der Waals surface area contributed by atoms with E-state index in [9.17, 15) is 14.4 Å². The van der Waals surface area contributed by atoms with E-state index in [-0.39, 0.29) is 17.7 Å². The van der Waals surface area contributed by atoms with Crippen LogP contribution in [-0.4, -0.2) is 83.4 Å². The third-order valence-electron chi connectivity index (χ3n) is 7.29. The number of carbonyl (C=O) groups excluding carboxylic acids is 3. The molecule has 0 spiro atoms. The van der Waals surface area contributed by atoms with Gasteiger partial charge in [-0.1, -0.05) is 44.2 Å². The highest BCUT2D eigenvalue weighted by molar-refractivity contribution is 5.93. The van der Waals surface area contributed by atoms with E-state index in [0.717, 1.165) is 30.9 Å². The molecule has 5 N–H and O–H groups in total. The number of nitrogens with one attached hydrogen (secondary N) is 5. The number of anilines is 2. The molecule has 0 saturated carbocycles. The van der Waals surface area contributed by atoms with Crippen LogP contribution in [0.4, 0.5) is 11.8 Å². The highest BCUT2D eigenvalue weighted by atomic mass is 16.2. The van der Waals surface area contributed by atoms with E-state index >= 15 is 0 Å². The van der Waals surface area contributed by atoms with Crippen molar-refractivity contribution in [2.45, 2.75) is 64.6 Å². The molecule has 2 aliphatic heterocycles. The molecule has 2 bridgehead atoms. The van der Waals surface area contributed by atoms with Gasteiger partial charge in [-0.3, -0.25) is 14.4 Å². The highest BCUT2D eigenvalue weighted by Gasteiger charge is 2.30. The Morgan fingerprint density at radius 3 is 2.45 bits per heavy atom. The van der Waals surface area contributed by atoms with Gasteiger partial charge in [-0.05, 0) is 44.3 Å². The number of benzene rings is 1. The summed E-state index contributed by atoms with van der Waals surface area (Å²) >= 11 is 0. The maximum Gasteiger partial charge on any atom is 0.243 e. The van der Waals surface area contributed by atoms with Gasteiger partial charge in [0.1, 0.15) is 23.9 Å². The Bertz CT molecular complexity index is 1150. The van der Waals surface area contributed by atoms with Crippen LogP contribution in [0.15, 0.2) is 36.4 Å². The first-order valence-electron chi connectivity index (χ1n) is 14.3. The molecule has 1 aromatic carbocycles. The Morgan fingerprint density at radius 2 is 1.73 bits per heavy atom. The van der Waals surface area contributed by atoms with E-state index in [1.807, 2.05) is 50.2 Å². The van der Waals surface area contributed by atoms with Crippen molar-refractivity contribution in [1.82, 2.24) is 30.8 Å². The van der Waals surface area contributed by atoms with Gasteiger partial charge >= 0.3 is 0 Å². The number of hydrogen-bond acceptors (Lipinski definition) is 8. The molecular weight excluding hydrogens is 508 g/mol. The van der Waals surface area contributed by atoms with Gasteiger partial charge in [0.25, 0.3) is 0 Å². The lowest BCUT2D eigenvalue weighted by atomic mass is 10.0. The van der Waals surface area contributed by atoms with Gasteiger partial charge in [-0.2, -0.15) is 4.98 Å². The molecule has 2 aromatic rings. The summed E-state index contributed by atoms with van der Waals surface area (Å²) in [4.78, 5) is 51.2. The van der Waals surface area contributed by atoms with Crippen LogP contribution in [0.3, 0.4) is 0 Å². The van der Waals surface area contributed by atoms with E-state index in [2.05, 4.69) is 41.5 Å². The van der Waals surface area contributed by atoms with Gasteiger partial charge in [-0.15, -0.1) is 0 Å². The molecule has 1 saturated heterocycles. The van der Waals surface area contributed by atoms with Crippen LogP contribution < -0.4 is 26.6 Å². The zero-order valence-corrected chi connectivity index (χ0v) is 23.7. The fourth-order valence-corrected chi connectivity index (χ4v) is 4.97. The van der Waals surface area contributed by atoms with Gasteiger partial charge in [-0.25, -0.2) is 4.98 Å². The first-order chi connectivity index (χ1) is 19.3. The van der Waals surface area contributed by atoms with Gasteiger partial charge < -0.3 is 31.5 Å². The summed E-state index contributed by atoms with van der Waals surface area (Å²) in [6.07, 6.45) is 3.32. The first-order valence-corrected chi connectivity index (χ1v) is 14.3. The Morgan fingerprint density at radius 1 is 0.975 bits per heavy atom. The van der Waals surface area contributed by atoms with Crippen LogP contribution in [0.25, 0.3) is 0 Å². The molecule has 11 heteroatoms. The number of likely N-dealkylation sites (tertiary alicyclic amines) is 1. The molecule has 1 fully saturated rings. The molecule has 3 amide bonds. The fraction of sp³-hybridized carbons (Fsp3) is 0.552. The normalized spacial score (nSPS) is 22.9. The summed E-state index contributed by atoms with van der Waals surface area (Å²) in [6, 6.07) is 9.28. The summed E-state index contributed by atoms with van der Waals surface area (Å²) in [5.41, 5.74) is 1.70. The smallest absolute Gasteiger partial charge is 0.243 e. The number of nitrogens with zero attached hydrogens (tertiary/aromatic N) is 3. The van der Waals surface area contributed by atoms with Crippen LogP contribution in [0.1, 0.15) is 44.9 Å². The molecular formula is C29H42N8O3. The zero-order valence-electron chi connectivity index (χ0n) is 23.7. The maximum absolute atomic E-state index is 13.7. The minimum atomic E-state index is -0.809. The van der Waals surface area contributed by atoms with Gasteiger partial charge in [0.2, 0.25) is 23.7 Å². The molecule has 3 atom stereocenters. The number of carbonyl (C=O) groups is 3. The van der Waals surface area contributed by atoms with Crippen LogP contribution in [0, 0.1) is 5.92 Å². The standard InChI is InChI=1S/C29H42N8O3/c1-19(2)25-28(40)32-20(3)26(38)30-12-11-22-18-24(35-29(33-22)31-13-16-37-14-7-8-15-37)34-23(27(39)36-25)17-21-9-5-4-6-10-21/h4-6,9-10,18-20,23,25H,7-8,11-17H2,1-3H3,(H,30,38)(H,32,40)(H,36,39)(H2,31,33,34,35)/t20-,23-,25+/m0/s1. The summed E-state index contributed by atoms with van der Waals surface area (Å²) in [5, 5.41) is 15.2. The van der Waals surface area contributed by atoms with Crippen molar-refractivity contribution < 1.29 is 14.4 Å². The van der Waals surface area contributed by atoms with Crippen molar-refractivity contribution in [1.29, 1.82) is 0 Å². The van der Waals surface area contributed by atoms with Gasteiger partial charge in [0.15, 0.2) is 0 Å². The molecule has 0 aliphatic carbocycles.